The van der Waals surface area contributed by atoms with E-state index in [1.165, 1.54) is 11.3 Å². The Morgan fingerprint density at radius 1 is 1.26 bits per heavy atom. The summed E-state index contributed by atoms with van der Waals surface area (Å²) in [5.74, 6) is 0.828. The molecule has 7 heteroatoms. The van der Waals surface area contributed by atoms with Crippen molar-refractivity contribution >= 4 is 45.6 Å². The smallest absolute Gasteiger partial charge is 0.264 e. The van der Waals surface area contributed by atoms with E-state index in [1.807, 2.05) is 54.7 Å². The molecule has 27 heavy (non-hydrogen) atoms. The molecule has 2 heterocycles. The van der Waals surface area contributed by atoms with Crippen LogP contribution in [-0.4, -0.2) is 50.1 Å². The second-order valence-corrected chi connectivity index (χ2v) is 7.78. The van der Waals surface area contributed by atoms with Gasteiger partial charge in [0.05, 0.1) is 17.0 Å². The van der Waals surface area contributed by atoms with E-state index in [0.29, 0.717) is 24.7 Å². The summed E-state index contributed by atoms with van der Waals surface area (Å²) < 4.78 is 5.21. The molecular formula is C20H22ClN3O2S. The quantitative estimate of drug-likeness (QED) is 0.589. The lowest BCUT2D eigenvalue weighted by Gasteiger charge is -2.25. The van der Waals surface area contributed by atoms with E-state index in [1.54, 1.807) is 12.0 Å². The van der Waals surface area contributed by atoms with Crippen LogP contribution in [0.15, 0.2) is 41.8 Å². The van der Waals surface area contributed by atoms with Crippen molar-refractivity contribution in [1.29, 1.82) is 0 Å². The van der Waals surface area contributed by atoms with E-state index in [0.717, 1.165) is 27.2 Å². The van der Waals surface area contributed by atoms with Gasteiger partial charge in [-0.05, 0) is 29.6 Å². The van der Waals surface area contributed by atoms with Crippen molar-refractivity contribution in [2.45, 2.75) is 6.54 Å². The summed E-state index contributed by atoms with van der Waals surface area (Å²) in [6.07, 6.45) is 0. The molecule has 0 saturated heterocycles. The van der Waals surface area contributed by atoms with Gasteiger partial charge in [-0.2, -0.15) is 0 Å². The summed E-state index contributed by atoms with van der Waals surface area (Å²) in [4.78, 5) is 22.2. The summed E-state index contributed by atoms with van der Waals surface area (Å²) in [5.41, 5.74) is 1.82. The van der Waals surface area contributed by atoms with Crippen LogP contribution in [0.25, 0.3) is 10.9 Å². The molecule has 1 amide bonds. The largest absolute Gasteiger partial charge is 0.383 e. The molecule has 5 nitrogen and oxygen atoms in total. The molecule has 1 aromatic carbocycles. The third-order valence-corrected chi connectivity index (χ3v) is 5.30. The van der Waals surface area contributed by atoms with Crippen LogP contribution in [0.1, 0.15) is 15.2 Å². The number of nitrogens with zero attached hydrogens (tertiary/aromatic N) is 3. The molecule has 3 rings (SSSR count). The van der Waals surface area contributed by atoms with Gasteiger partial charge in [-0.3, -0.25) is 4.79 Å². The maximum absolute atomic E-state index is 12.9. The molecule has 2 aromatic heterocycles. The normalized spacial score (nSPS) is 11.0. The first-order valence-electron chi connectivity index (χ1n) is 8.58. The molecule has 0 aliphatic heterocycles. The molecular weight excluding hydrogens is 382 g/mol. The van der Waals surface area contributed by atoms with E-state index < -0.39 is 0 Å². The molecule has 0 spiro atoms. The molecule has 0 unspecified atom stereocenters. The molecule has 0 bridgehead atoms. The zero-order valence-electron chi connectivity index (χ0n) is 15.6. The SMILES string of the molecule is COCCN(Cc1cc2ccc(Cl)cc2nc1N(C)C)C(=O)c1cccs1. The number of methoxy groups -OCH3 is 1. The zero-order chi connectivity index (χ0) is 19.4. The number of amides is 1. The summed E-state index contributed by atoms with van der Waals surface area (Å²) in [6.45, 7) is 1.45. The van der Waals surface area contributed by atoms with Crippen LogP contribution in [-0.2, 0) is 11.3 Å². The van der Waals surface area contributed by atoms with Crippen molar-refractivity contribution in [2.75, 3.05) is 39.3 Å². The first-order valence-corrected chi connectivity index (χ1v) is 9.83. The number of hydrogen-bond donors (Lipinski definition) is 0. The van der Waals surface area contributed by atoms with Crippen molar-refractivity contribution in [3.05, 3.63) is 57.2 Å². The minimum absolute atomic E-state index is 0.00274. The van der Waals surface area contributed by atoms with Crippen LogP contribution in [0.3, 0.4) is 0 Å². The number of hydrogen-bond acceptors (Lipinski definition) is 5. The Kier molecular flexibility index (Phi) is 6.31. The predicted molar refractivity (Wildman–Crippen MR) is 112 cm³/mol. The van der Waals surface area contributed by atoms with E-state index in [9.17, 15) is 4.79 Å². The average Bonchev–Trinajstić information content (AvgIpc) is 3.18. The number of aromatic nitrogens is 1. The highest BCUT2D eigenvalue weighted by molar-refractivity contribution is 7.12. The van der Waals surface area contributed by atoms with Gasteiger partial charge in [0.1, 0.15) is 5.82 Å². The minimum Gasteiger partial charge on any atom is -0.383 e. The Labute approximate surface area is 168 Å². The van der Waals surface area contributed by atoms with Crippen LogP contribution in [0.5, 0.6) is 0 Å². The summed E-state index contributed by atoms with van der Waals surface area (Å²) in [6, 6.07) is 11.5. The predicted octanol–water partition coefficient (Wildman–Crippen LogP) is 4.30. The highest BCUT2D eigenvalue weighted by atomic mass is 35.5. The number of carbonyl (C=O) groups is 1. The topological polar surface area (TPSA) is 45.7 Å². The van der Waals surface area contributed by atoms with Gasteiger partial charge >= 0.3 is 0 Å². The lowest BCUT2D eigenvalue weighted by atomic mass is 10.1. The molecule has 142 valence electrons. The number of benzene rings is 1. The Balaban J connectivity index is 1.98. The van der Waals surface area contributed by atoms with Gasteiger partial charge in [0.2, 0.25) is 0 Å². The van der Waals surface area contributed by atoms with Crippen molar-refractivity contribution in [1.82, 2.24) is 9.88 Å². The Bertz CT molecular complexity index is 928. The van der Waals surface area contributed by atoms with E-state index in [2.05, 4.69) is 6.07 Å². The van der Waals surface area contributed by atoms with Gasteiger partial charge in [-0.25, -0.2) is 4.98 Å². The highest BCUT2D eigenvalue weighted by Gasteiger charge is 2.20. The Morgan fingerprint density at radius 2 is 2.07 bits per heavy atom. The number of anilines is 1. The fourth-order valence-corrected chi connectivity index (χ4v) is 3.75. The van der Waals surface area contributed by atoms with Crippen LogP contribution in [0, 0.1) is 0 Å². The summed E-state index contributed by atoms with van der Waals surface area (Å²) in [7, 11) is 5.53. The summed E-state index contributed by atoms with van der Waals surface area (Å²) in [5, 5.41) is 3.56. The number of carbonyl (C=O) groups excluding carboxylic acids is 1. The number of fused-ring (bicyclic) bond motifs is 1. The number of ether oxygens (including phenoxy) is 1. The van der Waals surface area contributed by atoms with Gasteiger partial charge in [0, 0.05) is 50.3 Å². The molecule has 0 fully saturated rings. The monoisotopic (exact) mass is 403 g/mol. The van der Waals surface area contributed by atoms with Crippen molar-refractivity contribution in [3.8, 4) is 0 Å². The number of rotatable bonds is 7. The van der Waals surface area contributed by atoms with Gasteiger partial charge in [-0.1, -0.05) is 23.7 Å². The molecule has 0 saturated carbocycles. The van der Waals surface area contributed by atoms with Crippen LogP contribution in [0.4, 0.5) is 5.82 Å². The van der Waals surface area contributed by atoms with Gasteiger partial charge in [-0.15, -0.1) is 11.3 Å². The number of thiophene rings is 1. The third kappa shape index (κ3) is 4.58. The minimum atomic E-state index is 0.00274. The molecule has 3 aromatic rings. The van der Waals surface area contributed by atoms with E-state index in [-0.39, 0.29) is 5.91 Å². The summed E-state index contributed by atoms with van der Waals surface area (Å²) >= 11 is 7.56. The standard InChI is InChI=1S/C20H22ClN3O2S/c1-23(2)19-15(11-14-6-7-16(21)12-17(14)22-19)13-24(8-9-26-3)20(25)18-5-4-10-27-18/h4-7,10-12H,8-9,13H2,1-3H3. The molecule has 0 aliphatic carbocycles. The third-order valence-electron chi connectivity index (χ3n) is 4.21. The number of halogens is 1. The van der Waals surface area contributed by atoms with E-state index in [4.69, 9.17) is 21.3 Å². The van der Waals surface area contributed by atoms with Gasteiger partial charge in [0.15, 0.2) is 0 Å². The average molecular weight is 404 g/mol. The fourth-order valence-electron chi connectivity index (χ4n) is 2.89. The molecule has 0 atom stereocenters. The van der Waals surface area contributed by atoms with Crippen molar-refractivity contribution in [2.24, 2.45) is 0 Å². The lowest BCUT2D eigenvalue weighted by molar-refractivity contribution is 0.0685. The van der Waals surface area contributed by atoms with Gasteiger partial charge in [0.25, 0.3) is 5.91 Å². The second kappa shape index (κ2) is 8.69. The Morgan fingerprint density at radius 3 is 2.74 bits per heavy atom. The van der Waals surface area contributed by atoms with Crippen LogP contribution >= 0.6 is 22.9 Å². The van der Waals surface area contributed by atoms with Gasteiger partial charge < -0.3 is 14.5 Å². The molecule has 0 N–H and O–H groups in total. The van der Waals surface area contributed by atoms with Crippen molar-refractivity contribution < 1.29 is 9.53 Å². The molecule has 0 radical (unpaired) electrons. The first-order chi connectivity index (χ1) is 13.0. The fraction of sp³-hybridized carbons (Fsp3) is 0.300. The zero-order valence-corrected chi connectivity index (χ0v) is 17.2. The first kappa shape index (κ1) is 19.6. The Hall–Kier alpha value is -2.15. The van der Waals surface area contributed by atoms with Crippen LogP contribution in [0.2, 0.25) is 5.02 Å². The number of pyridine rings is 1. The maximum Gasteiger partial charge on any atom is 0.264 e. The molecule has 0 aliphatic rings. The van der Waals surface area contributed by atoms with Crippen LogP contribution < -0.4 is 4.90 Å². The maximum atomic E-state index is 12.9. The van der Waals surface area contributed by atoms with Crippen molar-refractivity contribution in [3.63, 3.8) is 0 Å². The highest BCUT2D eigenvalue weighted by Crippen LogP contribution is 2.26. The van der Waals surface area contributed by atoms with E-state index >= 15 is 0 Å². The lowest BCUT2D eigenvalue weighted by Crippen LogP contribution is -2.33. The second-order valence-electron chi connectivity index (χ2n) is 6.40.